The minimum absolute atomic E-state index is 0.0722. The van der Waals surface area contributed by atoms with Crippen molar-refractivity contribution >= 4 is 29.4 Å². The molecule has 2 rings (SSSR count). The van der Waals surface area contributed by atoms with Crippen molar-refractivity contribution in [3.05, 3.63) is 40.7 Å². The third-order valence-corrected chi connectivity index (χ3v) is 5.00. The summed E-state index contributed by atoms with van der Waals surface area (Å²) in [5.41, 5.74) is 9.58. The Labute approximate surface area is 133 Å². The maximum absolute atomic E-state index is 7.82. The largest absolute Gasteiger partial charge is 0.384 e. The van der Waals surface area contributed by atoms with Gasteiger partial charge in [0.05, 0.1) is 0 Å². The van der Waals surface area contributed by atoms with Gasteiger partial charge in [0.1, 0.15) is 5.84 Å². The molecule has 1 aromatic carbocycles. The summed E-state index contributed by atoms with van der Waals surface area (Å²) in [6, 6.07) is 5.89. The topological polar surface area (TPSA) is 75.7 Å². The van der Waals surface area contributed by atoms with Gasteiger partial charge in [-0.15, -0.1) is 11.8 Å². The van der Waals surface area contributed by atoms with Gasteiger partial charge in [-0.3, -0.25) is 5.41 Å². The number of aromatic nitrogens is 2. The van der Waals surface area contributed by atoms with Gasteiger partial charge in [0.15, 0.2) is 5.16 Å². The highest BCUT2D eigenvalue weighted by Gasteiger charge is 2.14. The Morgan fingerprint density at radius 1 is 1.10 bits per heavy atom. The number of hydrogen-bond acceptors (Lipinski definition) is 5. The molecule has 0 fully saturated rings. The molecule has 2 aromatic rings. The molecule has 4 nitrogen and oxygen atoms in total. The Bertz CT molecular complexity index is 675. The van der Waals surface area contributed by atoms with Crippen LogP contribution < -0.4 is 5.73 Å². The van der Waals surface area contributed by atoms with Crippen LogP contribution in [0.15, 0.2) is 33.1 Å². The fourth-order valence-corrected chi connectivity index (χ4v) is 3.65. The van der Waals surface area contributed by atoms with Crippen LogP contribution in [0, 0.1) is 26.2 Å². The van der Waals surface area contributed by atoms with E-state index >= 15 is 0 Å². The molecule has 0 aliphatic rings. The molecular formula is C15H18N4S2. The Balaban J connectivity index is 2.47. The van der Waals surface area contributed by atoms with Gasteiger partial charge in [-0.05, 0) is 56.5 Å². The Morgan fingerprint density at radius 2 is 1.67 bits per heavy atom. The lowest BCUT2D eigenvalue weighted by Gasteiger charge is -2.12. The maximum atomic E-state index is 7.82. The minimum Gasteiger partial charge on any atom is -0.384 e. The third-order valence-electron chi connectivity index (χ3n) is 3.29. The second-order valence-electron chi connectivity index (χ2n) is 4.65. The fraction of sp³-hybridized carbons (Fsp3) is 0.267. The zero-order valence-electron chi connectivity index (χ0n) is 12.5. The number of rotatable bonds is 4. The van der Waals surface area contributed by atoms with E-state index in [1.165, 1.54) is 11.8 Å². The maximum Gasteiger partial charge on any atom is 0.192 e. The molecule has 0 aliphatic carbocycles. The molecule has 0 saturated heterocycles. The standard InChI is InChI=1S/C15H18N4S2/c1-8-9(2)18-15(19-10(8)3)21-12-7-5-6-11(20-4)13(12)14(16)17/h5-7H,1-4H3,(H3,16,17). The highest BCUT2D eigenvalue weighted by atomic mass is 32.2. The van der Waals surface area contributed by atoms with Gasteiger partial charge in [-0.2, -0.15) is 0 Å². The van der Waals surface area contributed by atoms with E-state index < -0.39 is 0 Å². The molecule has 6 heteroatoms. The number of hydrogen-bond donors (Lipinski definition) is 2. The van der Waals surface area contributed by atoms with Crippen molar-refractivity contribution in [2.24, 2.45) is 5.73 Å². The van der Waals surface area contributed by atoms with Gasteiger partial charge >= 0.3 is 0 Å². The lowest BCUT2D eigenvalue weighted by Crippen LogP contribution is -2.13. The van der Waals surface area contributed by atoms with Crippen LogP contribution in [-0.2, 0) is 0 Å². The number of nitrogen functional groups attached to an aromatic ring is 1. The molecule has 0 amide bonds. The van der Waals surface area contributed by atoms with Gasteiger partial charge in [0.2, 0.25) is 0 Å². The van der Waals surface area contributed by atoms with E-state index in [9.17, 15) is 0 Å². The van der Waals surface area contributed by atoms with E-state index in [4.69, 9.17) is 11.1 Å². The van der Waals surface area contributed by atoms with Crippen LogP contribution in [0.4, 0.5) is 0 Å². The molecule has 0 aliphatic heterocycles. The zero-order chi connectivity index (χ0) is 15.6. The van der Waals surface area contributed by atoms with Crippen LogP contribution in [0.1, 0.15) is 22.5 Å². The van der Waals surface area contributed by atoms with Crippen molar-refractivity contribution in [2.45, 2.75) is 35.7 Å². The smallest absolute Gasteiger partial charge is 0.192 e. The summed E-state index contributed by atoms with van der Waals surface area (Å²) in [6.07, 6.45) is 1.98. The second-order valence-corrected chi connectivity index (χ2v) is 6.51. The van der Waals surface area contributed by atoms with Gasteiger partial charge in [0, 0.05) is 26.7 Å². The van der Waals surface area contributed by atoms with Gasteiger partial charge in [0.25, 0.3) is 0 Å². The molecule has 0 atom stereocenters. The van der Waals surface area contributed by atoms with Gasteiger partial charge < -0.3 is 5.73 Å². The number of thioether (sulfide) groups is 1. The molecule has 0 spiro atoms. The van der Waals surface area contributed by atoms with Crippen LogP contribution in [-0.4, -0.2) is 22.1 Å². The summed E-state index contributed by atoms with van der Waals surface area (Å²) in [7, 11) is 0. The van der Waals surface area contributed by atoms with E-state index in [-0.39, 0.29) is 5.84 Å². The number of nitrogens with one attached hydrogen (secondary N) is 1. The fourth-order valence-electron chi connectivity index (χ4n) is 1.92. The SMILES string of the molecule is CSc1cccc(Sc2nc(C)c(C)c(C)n2)c1C(=N)N. The first kappa shape index (κ1) is 15.9. The molecule has 0 unspecified atom stereocenters. The Morgan fingerprint density at radius 3 is 2.19 bits per heavy atom. The van der Waals surface area contributed by atoms with E-state index in [0.717, 1.165) is 32.3 Å². The predicted octanol–water partition coefficient (Wildman–Crippen LogP) is 3.56. The van der Waals surface area contributed by atoms with Crippen molar-refractivity contribution < 1.29 is 0 Å². The number of nitrogens with two attached hydrogens (primary N) is 1. The number of benzene rings is 1. The van der Waals surface area contributed by atoms with Crippen molar-refractivity contribution in [2.75, 3.05) is 6.26 Å². The summed E-state index contributed by atoms with van der Waals surface area (Å²) in [6.45, 7) is 5.99. The van der Waals surface area contributed by atoms with Crippen LogP contribution in [0.2, 0.25) is 0 Å². The number of nitrogens with zero attached hydrogens (tertiary/aromatic N) is 2. The average Bonchev–Trinajstić information content (AvgIpc) is 2.44. The second kappa shape index (κ2) is 6.49. The lowest BCUT2D eigenvalue weighted by atomic mass is 10.2. The minimum atomic E-state index is 0.0722. The van der Waals surface area contributed by atoms with Gasteiger partial charge in [-0.1, -0.05) is 6.07 Å². The molecule has 3 N–H and O–H groups in total. The Hall–Kier alpha value is -1.53. The molecule has 0 saturated carbocycles. The molecule has 21 heavy (non-hydrogen) atoms. The predicted molar refractivity (Wildman–Crippen MR) is 89.6 cm³/mol. The lowest BCUT2D eigenvalue weighted by molar-refractivity contribution is 0.880. The molecule has 0 bridgehead atoms. The highest BCUT2D eigenvalue weighted by Crippen LogP contribution is 2.33. The van der Waals surface area contributed by atoms with Crippen LogP contribution in [0.3, 0.4) is 0 Å². The monoisotopic (exact) mass is 318 g/mol. The number of aryl methyl sites for hydroxylation is 2. The molecular weight excluding hydrogens is 300 g/mol. The van der Waals surface area contributed by atoms with Crippen molar-refractivity contribution in [3.63, 3.8) is 0 Å². The quantitative estimate of drug-likeness (QED) is 0.390. The van der Waals surface area contributed by atoms with Crippen LogP contribution >= 0.6 is 23.5 Å². The van der Waals surface area contributed by atoms with Crippen LogP contribution in [0.5, 0.6) is 0 Å². The van der Waals surface area contributed by atoms with E-state index in [1.807, 2.05) is 45.2 Å². The van der Waals surface area contributed by atoms with Crippen molar-refractivity contribution in [1.82, 2.24) is 9.97 Å². The Kier molecular flexibility index (Phi) is 4.90. The normalized spacial score (nSPS) is 10.7. The summed E-state index contributed by atoms with van der Waals surface area (Å²) in [4.78, 5) is 10.9. The van der Waals surface area contributed by atoms with E-state index in [0.29, 0.717) is 5.16 Å². The molecule has 0 radical (unpaired) electrons. The zero-order valence-corrected chi connectivity index (χ0v) is 14.2. The van der Waals surface area contributed by atoms with Crippen molar-refractivity contribution in [1.29, 1.82) is 5.41 Å². The summed E-state index contributed by atoms with van der Waals surface area (Å²) in [5.74, 6) is 0.0722. The van der Waals surface area contributed by atoms with E-state index in [2.05, 4.69) is 9.97 Å². The van der Waals surface area contributed by atoms with E-state index in [1.54, 1.807) is 11.8 Å². The molecule has 1 aromatic heterocycles. The first-order chi connectivity index (χ1) is 9.93. The summed E-state index contributed by atoms with van der Waals surface area (Å²) >= 11 is 3.03. The highest BCUT2D eigenvalue weighted by molar-refractivity contribution is 7.99. The summed E-state index contributed by atoms with van der Waals surface area (Å²) in [5, 5.41) is 8.51. The van der Waals surface area contributed by atoms with Crippen LogP contribution in [0.25, 0.3) is 0 Å². The average molecular weight is 318 g/mol. The first-order valence-electron chi connectivity index (χ1n) is 6.45. The first-order valence-corrected chi connectivity index (χ1v) is 8.49. The number of amidine groups is 1. The third kappa shape index (κ3) is 3.39. The summed E-state index contributed by atoms with van der Waals surface area (Å²) < 4.78 is 0. The van der Waals surface area contributed by atoms with Gasteiger partial charge in [-0.25, -0.2) is 9.97 Å². The van der Waals surface area contributed by atoms with Crippen molar-refractivity contribution in [3.8, 4) is 0 Å². The molecule has 1 heterocycles. The molecule has 110 valence electrons.